The number of hydrogen-bond acceptors (Lipinski definition) is 3. The highest BCUT2D eigenvalue weighted by Crippen LogP contribution is 2.48. The molecule has 0 N–H and O–H groups in total. The Kier molecular flexibility index (Phi) is 4.58. The third-order valence-electron chi connectivity index (χ3n) is 6.54. The molecule has 0 aromatic heterocycles. The van der Waals surface area contributed by atoms with Crippen LogP contribution in [0.15, 0.2) is 48.5 Å². The third kappa shape index (κ3) is 2.91. The van der Waals surface area contributed by atoms with Crippen LogP contribution in [0.4, 0.5) is 8.78 Å². The number of halogens is 2. The van der Waals surface area contributed by atoms with Crippen LogP contribution >= 0.6 is 0 Å². The first kappa shape index (κ1) is 19.2. The molecule has 30 heavy (non-hydrogen) atoms. The van der Waals surface area contributed by atoms with Gasteiger partial charge >= 0.3 is 0 Å². The fraction of sp³-hybridized carbons (Fsp3) is 0.391. The summed E-state index contributed by atoms with van der Waals surface area (Å²) >= 11 is 0. The fourth-order valence-electron chi connectivity index (χ4n) is 4.96. The van der Waals surface area contributed by atoms with Crippen molar-refractivity contribution in [2.75, 3.05) is 13.1 Å². The maximum absolute atomic E-state index is 14.4. The van der Waals surface area contributed by atoms with Gasteiger partial charge in [-0.25, -0.2) is 8.78 Å². The Morgan fingerprint density at radius 3 is 2.47 bits per heavy atom. The quantitative estimate of drug-likeness (QED) is 0.757. The molecule has 1 spiro atoms. The van der Waals surface area contributed by atoms with Crippen molar-refractivity contribution in [3.8, 4) is 0 Å². The number of carbonyl (C=O) groups excluding carboxylic acids is 2. The molecule has 5 nitrogen and oxygen atoms in total. The SMILES string of the molecule is O=C(c1ccccc1)N1CCC2(CC1)OC1CCC(c3cccc(F)c3F)N1C2=O. The van der Waals surface area contributed by atoms with E-state index in [0.717, 1.165) is 6.07 Å². The molecule has 0 aliphatic carbocycles. The van der Waals surface area contributed by atoms with Crippen LogP contribution in [-0.2, 0) is 9.53 Å². The van der Waals surface area contributed by atoms with Crippen molar-refractivity contribution in [1.29, 1.82) is 0 Å². The van der Waals surface area contributed by atoms with Crippen molar-refractivity contribution in [2.24, 2.45) is 0 Å². The van der Waals surface area contributed by atoms with E-state index in [0.29, 0.717) is 44.3 Å². The lowest BCUT2D eigenvalue weighted by molar-refractivity contribution is -0.142. The average molecular weight is 412 g/mol. The van der Waals surface area contributed by atoms with Crippen LogP contribution in [-0.4, -0.2) is 46.5 Å². The van der Waals surface area contributed by atoms with Crippen LogP contribution in [0.5, 0.6) is 0 Å². The summed E-state index contributed by atoms with van der Waals surface area (Å²) in [6.45, 7) is 0.831. The molecule has 3 saturated heterocycles. The average Bonchev–Trinajstić information content (AvgIpc) is 3.29. The number of piperidine rings is 1. The van der Waals surface area contributed by atoms with Gasteiger partial charge in [0.2, 0.25) is 0 Å². The molecule has 2 aromatic carbocycles. The van der Waals surface area contributed by atoms with Crippen LogP contribution < -0.4 is 0 Å². The lowest BCUT2D eigenvalue weighted by Gasteiger charge is -2.37. The van der Waals surface area contributed by atoms with Gasteiger partial charge in [0.25, 0.3) is 11.8 Å². The largest absolute Gasteiger partial charge is 0.342 e. The normalized spacial score (nSPS) is 25.1. The number of hydrogen-bond donors (Lipinski definition) is 0. The lowest BCUT2D eigenvalue weighted by Crippen LogP contribution is -2.51. The molecule has 3 fully saturated rings. The summed E-state index contributed by atoms with van der Waals surface area (Å²) in [7, 11) is 0. The van der Waals surface area contributed by atoms with E-state index in [2.05, 4.69) is 0 Å². The molecule has 2 aromatic rings. The van der Waals surface area contributed by atoms with Gasteiger partial charge in [-0.3, -0.25) is 9.59 Å². The summed E-state index contributed by atoms with van der Waals surface area (Å²) in [6, 6.07) is 12.6. The summed E-state index contributed by atoms with van der Waals surface area (Å²) in [5, 5.41) is 0. The topological polar surface area (TPSA) is 49.9 Å². The monoisotopic (exact) mass is 412 g/mol. The molecular weight excluding hydrogens is 390 g/mol. The minimum Gasteiger partial charge on any atom is -0.342 e. The second-order valence-electron chi connectivity index (χ2n) is 8.17. The highest BCUT2D eigenvalue weighted by atomic mass is 19.2. The zero-order chi connectivity index (χ0) is 20.9. The summed E-state index contributed by atoms with van der Waals surface area (Å²) < 4.78 is 34.3. The lowest BCUT2D eigenvalue weighted by atomic mass is 9.89. The smallest absolute Gasteiger partial charge is 0.257 e. The maximum atomic E-state index is 14.4. The minimum atomic E-state index is -0.986. The Morgan fingerprint density at radius 1 is 1.00 bits per heavy atom. The Hall–Kier alpha value is -2.80. The number of fused-ring (bicyclic) bond motifs is 1. The summed E-state index contributed by atoms with van der Waals surface area (Å²) in [4.78, 5) is 29.4. The second-order valence-corrected chi connectivity index (χ2v) is 8.17. The highest BCUT2D eigenvalue weighted by Gasteiger charge is 2.58. The van der Waals surface area contributed by atoms with E-state index in [1.807, 2.05) is 18.2 Å². The van der Waals surface area contributed by atoms with Crippen LogP contribution in [0.2, 0.25) is 0 Å². The van der Waals surface area contributed by atoms with Crippen molar-refractivity contribution in [1.82, 2.24) is 9.80 Å². The van der Waals surface area contributed by atoms with Gasteiger partial charge in [0, 0.05) is 37.1 Å². The predicted octanol–water partition coefficient (Wildman–Crippen LogP) is 3.66. The molecule has 3 aliphatic heterocycles. The molecule has 2 atom stereocenters. The molecule has 0 radical (unpaired) electrons. The van der Waals surface area contributed by atoms with Crippen molar-refractivity contribution < 1.29 is 23.1 Å². The molecule has 2 unspecified atom stereocenters. The van der Waals surface area contributed by atoms with E-state index in [4.69, 9.17) is 4.74 Å². The minimum absolute atomic E-state index is 0.0592. The number of carbonyl (C=O) groups is 2. The van der Waals surface area contributed by atoms with Gasteiger partial charge in [-0.05, 0) is 31.0 Å². The zero-order valence-corrected chi connectivity index (χ0v) is 16.4. The van der Waals surface area contributed by atoms with Gasteiger partial charge in [-0.15, -0.1) is 0 Å². The molecule has 3 heterocycles. The predicted molar refractivity (Wildman–Crippen MR) is 104 cm³/mol. The number of benzene rings is 2. The Balaban J connectivity index is 1.33. The van der Waals surface area contributed by atoms with Crippen LogP contribution in [0.1, 0.15) is 47.6 Å². The van der Waals surface area contributed by atoms with Gasteiger partial charge < -0.3 is 14.5 Å². The zero-order valence-electron chi connectivity index (χ0n) is 16.4. The van der Waals surface area contributed by atoms with Gasteiger partial charge in [0.15, 0.2) is 17.2 Å². The van der Waals surface area contributed by atoms with E-state index in [1.165, 1.54) is 12.1 Å². The van der Waals surface area contributed by atoms with E-state index >= 15 is 0 Å². The number of rotatable bonds is 2. The van der Waals surface area contributed by atoms with Gasteiger partial charge in [-0.2, -0.15) is 0 Å². The maximum Gasteiger partial charge on any atom is 0.257 e. The number of nitrogens with zero attached hydrogens (tertiary/aromatic N) is 2. The fourth-order valence-corrected chi connectivity index (χ4v) is 4.96. The summed E-state index contributed by atoms with van der Waals surface area (Å²) in [5.74, 6) is -2.05. The van der Waals surface area contributed by atoms with Gasteiger partial charge in [0.1, 0.15) is 6.23 Å². The van der Waals surface area contributed by atoms with E-state index in [9.17, 15) is 18.4 Å². The van der Waals surface area contributed by atoms with E-state index < -0.39 is 29.5 Å². The van der Waals surface area contributed by atoms with Crippen molar-refractivity contribution in [2.45, 2.75) is 43.6 Å². The van der Waals surface area contributed by atoms with Gasteiger partial charge in [-0.1, -0.05) is 30.3 Å². The van der Waals surface area contributed by atoms with Crippen molar-refractivity contribution in [3.05, 3.63) is 71.3 Å². The standard InChI is InChI=1S/C23H22F2N2O3/c24-17-8-4-7-16(20(17)25)18-9-10-19-27(18)22(29)23(30-19)11-13-26(14-12-23)21(28)15-5-2-1-3-6-15/h1-8,18-19H,9-14H2. The highest BCUT2D eigenvalue weighted by molar-refractivity contribution is 5.95. The first-order valence-electron chi connectivity index (χ1n) is 10.3. The van der Waals surface area contributed by atoms with Crippen LogP contribution in [0.3, 0.4) is 0 Å². The van der Waals surface area contributed by atoms with Crippen LogP contribution in [0.25, 0.3) is 0 Å². The molecule has 2 amide bonds. The van der Waals surface area contributed by atoms with E-state index in [-0.39, 0.29) is 17.4 Å². The summed E-state index contributed by atoms with van der Waals surface area (Å²) in [6.07, 6.45) is 1.49. The van der Waals surface area contributed by atoms with Gasteiger partial charge in [0.05, 0.1) is 6.04 Å². The van der Waals surface area contributed by atoms with E-state index in [1.54, 1.807) is 21.9 Å². The molecule has 5 rings (SSSR count). The Bertz CT molecular complexity index is 989. The number of ether oxygens (including phenoxy) is 1. The van der Waals surface area contributed by atoms with Crippen LogP contribution in [0, 0.1) is 11.6 Å². The van der Waals surface area contributed by atoms with Crippen molar-refractivity contribution in [3.63, 3.8) is 0 Å². The molecule has 0 saturated carbocycles. The second kappa shape index (κ2) is 7.16. The molecular formula is C23H22F2N2O3. The molecule has 7 heteroatoms. The number of likely N-dealkylation sites (tertiary alicyclic amines) is 1. The summed E-state index contributed by atoms with van der Waals surface area (Å²) in [5.41, 5.74) is -0.168. The molecule has 3 aliphatic rings. The van der Waals surface area contributed by atoms with Crippen molar-refractivity contribution >= 4 is 11.8 Å². The molecule has 0 bridgehead atoms. The number of amides is 2. The first-order valence-corrected chi connectivity index (χ1v) is 10.3. The Labute approximate surface area is 173 Å². The molecule has 156 valence electrons. The third-order valence-corrected chi connectivity index (χ3v) is 6.54. The Morgan fingerprint density at radius 2 is 1.73 bits per heavy atom. The first-order chi connectivity index (χ1) is 14.5.